The van der Waals surface area contributed by atoms with Crippen molar-refractivity contribution in [1.82, 2.24) is 10.3 Å². The van der Waals surface area contributed by atoms with Crippen molar-refractivity contribution in [2.45, 2.75) is 85.2 Å². The van der Waals surface area contributed by atoms with Crippen molar-refractivity contribution in [3.63, 3.8) is 0 Å². The van der Waals surface area contributed by atoms with Gasteiger partial charge in [0.1, 0.15) is 0 Å². The summed E-state index contributed by atoms with van der Waals surface area (Å²) in [6, 6.07) is 1.03. The quantitative estimate of drug-likeness (QED) is 0.796. The third-order valence-corrected chi connectivity index (χ3v) is 5.25. The molecule has 0 fully saturated rings. The Labute approximate surface area is 123 Å². The molecule has 0 aromatic carbocycles. The van der Waals surface area contributed by atoms with E-state index < -0.39 is 0 Å². The lowest BCUT2D eigenvalue weighted by atomic mass is 9.98. The first kappa shape index (κ1) is 16.6. The van der Waals surface area contributed by atoms with Gasteiger partial charge in [-0.2, -0.15) is 0 Å². The Kier molecular flexibility index (Phi) is 6.00. The van der Waals surface area contributed by atoms with Crippen molar-refractivity contribution in [3.8, 4) is 0 Å². The summed E-state index contributed by atoms with van der Waals surface area (Å²) < 4.78 is 0. The number of aryl methyl sites for hydroxylation is 1. The monoisotopic (exact) mass is 282 g/mol. The minimum atomic E-state index is 0.154. The highest BCUT2D eigenvalue weighted by molar-refractivity contribution is 7.12. The molecule has 0 aliphatic heterocycles. The van der Waals surface area contributed by atoms with E-state index in [2.05, 4.69) is 53.8 Å². The average molecular weight is 282 g/mol. The second-order valence-corrected chi connectivity index (χ2v) is 7.53. The van der Waals surface area contributed by atoms with Crippen LogP contribution in [-0.4, -0.2) is 11.0 Å². The molecule has 1 rings (SSSR count). The lowest BCUT2D eigenvalue weighted by Crippen LogP contribution is -2.30. The van der Waals surface area contributed by atoms with Crippen LogP contribution in [0, 0.1) is 6.92 Å². The van der Waals surface area contributed by atoms with Gasteiger partial charge >= 0.3 is 0 Å². The van der Waals surface area contributed by atoms with Gasteiger partial charge in [0, 0.05) is 22.4 Å². The van der Waals surface area contributed by atoms with Crippen molar-refractivity contribution >= 4 is 11.3 Å². The van der Waals surface area contributed by atoms with Crippen molar-refractivity contribution in [2.75, 3.05) is 0 Å². The molecule has 1 aromatic rings. The predicted octanol–water partition coefficient (Wildman–Crippen LogP) is 4.98. The second-order valence-electron chi connectivity index (χ2n) is 6.50. The summed E-state index contributed by atoms with van der Waals surface area (Å²) in [5, 5.41) is 5.01. The van der Waals surface area contributed by atoms with E-state index in [-0.39, 0.29) is 5.41 Å². The molecule has 1 heterocycles. The molecule has 0 amide bonds. The first-order valence-electron chi connectivity index (χ1n) is 7.53. The Hall–Kier alpha value is -0.410. The topological polar surface area (TPSA) is 24.9 Å². The predicted molar refractivity (Wildman–Crippen MR) is 86.1 cm³/mol. The van der Waals surface area contributed by atoms with Crippen molar-refractivity contribution in [3.05, 3.63) is 15.6 Å². The summed E-state index contributed by atoms with van der Waals surface area (Å²) in [7, 11) is 0. The van der Waals surface area contributed by atoms with E-state index in [1.807, 2.05) is 11.3 Å². The van der Waals surface area contributed by atoms with Gasteiger partial charge in [-0.1, -0.05) is 41.0 Å². The van der Waals surface area contributed by atoms with Crippen LogP contribution >= 0.6 is 11.3 Å². The summed E-state index contributed by atoms with van der Waals surface area (Å²) in [4.78, 5) is 6.16. The third-order valence-electron chi connectivity index (χ3n) is 3.48. The number of rotatable bonds is 6. The summed E-state index contributed by atoms with van der Waals surface area (Å²) >= 11 is 1.87. The van der Waals surface area contributed by atoms with Gasteiger partial charge in [0.25, 0.3) is 0 Å². The number of nitrogens with zero attached hydrogens (tertiary/aromatic N) is 1. The number of hydrogen-bond donors (Lipinski definition) is 1. The first-order valence-corrected chi connectivity index (χ1v) is 8.35. The van der Waals surface area contributed by atoms with Crippen LogP contribution in [0.5, 0.6) is 0 Å². The van der Waals surface area contributed by atoms with Gasteiger partial charge in [-0.25, -0.2) is 4.98 Å². The molecule has 0 aliphatic rings. The van der Waals surface area contributed by atoms with E-state index in [0.717, 1.165) is 0 Å². The summed E-state index contributed by atoms with van der Waals surface area (Å²) in [6.45, 7) is 15.6. The lowest BCUT2D eigenvalue weighted by Gasteiger charge is -2.21. The van der Waals surface area contributed by atoms with Gasteiger partial charge in [-0.05, 0) is 26.7 Å². The molecule has 19 heavy (non-hydrogen) atoms. The molecule has 0 spiro atoms. The van der Waals surface area contributed by atoms with Crippen molar-refractivity contribution in [1.29, 1.82) is 0 Å². The van der Waals surface area contributed by atoms with Crippen molar-refractivity contribution < 1.29 is 0 Å². The Morgan fingerprint density at radius 3 is 2.32 bits per heavy atom. The highest BCUT2D eigenvalue weighted by Gasteiger charge is 2.23. The fourth-order valence-corrected chi connectivity index (χ4v) is 3.45. The van der Waals surface area contributed by atoms with Crippen molar-refractivity contribution in [2.24, 2.45) is 0 Å². The fourth-order valence-electron chi connectivity index (χ4n) is 2.31. The largest absolute Gasteiger partial charge is 0.307 e. The summed E-state index contributed by atoms with van der Waals surface area (Å²) in [5.41, 5.74) is 1.35. The maximum absolute atomic E-state index is 4.76. The third kappa shape index (κ3) is 4.57. The minimum absolute atomic E-state index is 0.154. The molecule has 110 valence electrons. The van der Waals surface area contributed by atoms with Crippen LogP contribution in [0.25, 0.3) is 0 Å². The van der Waals surface area contributed by atoms with E-state index in [4.69, 9.17) is 4.98 Å². The van der Waals surface area contributed by atoms with Gasteiger partial charge in [0.15, 0.2) is 0 Å². The highest BCUT2D eigenvalue weighted by Crippen LogP contribution is 2.32. The SMILES string of the molecule is CCCC(CC)NC(C)c1sc(C(C)(C)C)nc1C. The molecule has 0 radical (unpaired) electrons. The molecule has 0 saturated heterocycles. The normalized spacial score (nSPS) is 15.5. The van der Waals surface area contributed by atoms with Crippen LogP contribution in [-0.2, 0) is 5.41 Å². The first-order chi connectivity index (χ1) is 8.79. The zero-order valence-electron chi connectivity index (χ0n) is 13.6. The van der Waals surface area contributed by atoms with Crippen LogP contribution in [0.1, 0.15) is 82.4 Å². The number of aromatic nitrogens is 1. The molecule has 0 aliphatic carbocycles. The van der Waals surface area contributed by atoms with E-state index >= 15 is 0 Å². The molecular formula is C16H30N2S. The van der Waals surface area contributed by atoms with Crippen LogP contribution in [0.15, 0.2) is 0 Å². The maximum Gasteiger partial charge on any atom is 0.0985 e. The number of thiazole rings is 1. The molecule has 1 N–H and O–H groups in total. The van der Waals surface area contributed by atoms with Gasteiger partial charge in [0.05, 0.1) is 10.7 Å². The zero-order chi connectivity index (χ0) is 14.6. The second kappa shape index (κ2) is 6.85. The van der Waals surface area contributed by atoms with E-state index in [1.165, 1.54) is 34.8 Å². The van der Waals surface area contributed by atoms with Crippen LogP contribution < -0.4 is 5.32 Å². The summed E-state index contributed by atoms with van der Waals surface area (Å²) in [6.07, 6.45) is 3.69. The van der Waals surface area contributed by atoms with Gasteiger partial charge in [-0.15, -0.1) is 11.3 Å². The van der Waals surface area contributed by atoms with E-state index in [1.54, 1.807) is 0 Å². The van der Waals surface area contributed by atoms with E-state index in [9.17, 15) is 0 Å². The Morgan fingerprint density at radius 1 is 1.26 bits per heavy atom. The highest BCUT2D eigenvalue weighted by atomic mass is 32.1. The Bertz CT molecular complexity index is 390. The Balaban J connectivity index is 2.82. The van der Waals surface area contributed by atoms with E-state index in [0.29, 0.717) is 12.1 Å². The molecule has 2 atom stereocenters. The molecule has 0 bridgehead atoms. The molecule has 0 saturated carbocycles. The number of hydrogen-bond acceptors (Lipinski definition) is 3. The molecule has 3 heteroatoms. The van der Waals surface area contributed by atoms with Gasteiger partial charge in [0.2, 0.25) is 0 Å². The van der Waals surface area contributed by atoms with Crippen LogP contribution in [0.3, 0.4) is 0 Å². The minimum Gasteiger partial charge on any atom is -0.307 e. The van der Waals surface area contributed by atoms with Crippen LogP contribution in [0.4, 0.5) is 0 Å². The van der Waals surface area contributed by atoms with Gasteiger partial charge < -0.3 is 5.32 Å². The fraction of sp³-hybridized carbons (Fsp3) is 0.812. The number of nitrogens with one attached hydrogen (secondary N) is 1. The zero-order valence-corrected chi connectivity index (χ0v) is 14.4. The molecule has 2 unspecified atom stereocenters. The lowest BCUT2D eigenvalue weighted by molar-refractivity contribution is 0.419. The smallest absolute Gasteiger partial charge is 0.0985 e. The molecule has 2 nitrogen and oxygen atoms in total. The average Bonchev–Trinajstić information content (AvgIpc) is 2.70. The standard InChI is InChI=1S/C16H30N2S/c1-8-10-13(9-2)17-11(3)14-12(4)18-15(19-14)16(5,6)7/h11,13,17H,8-10H2,1-7H3. The maximum atomic E-state index is 4.76. The molecular weight excluding hydrogens is 252 g/mol. The molecule has 1 aromatic heterocycles. The Morgan fingerprint density at radius 2 is 1.89 bits per heavy atom. The van der Waals surface area contributed by atoms with Crippen LogP contribution in [0.2, 0.25) is 0 Å². The summed E-state index contributed by atoms with van der Waals surface area (Å²) in [5.74, 6) is 0. The van der Waals surface area contributed by atoms with Gasteiger partial charge in [-0.3, -0.25) is 0 Å².